The fourth-order valence-electron chi connectivity index (χ4n) is 2.38. The first kappa shape index (κ1) is 12.2. The van der Waals surface area contributed by atoms with Gasteiger partial charge in [0.05, 0.1) is 10.4 Å². The van der Waals surface area contributed by atoms with Gasteiger partial charge in [0.25, 0.3) is 0 Å². The number of imidazole rings is 1. The number of aromatic nitrogens is 3. The normalized spacial score (nSPS) is 24.4. The van der Waals surface area contributed by atoms with E-state index >= 15 is 0 Å². The van der Waals surface area contributed by atoms with E-state index in [4.69, 9.17) is 23.2 Å². The Bertz CT molecular complexity index is 591. The maximum Gasteiger partial charge on any atom is 0.160 e. The van der Waals surface area contributed by atoms with Crippen LogP contribution in [0.25, 0.3) is 11.2 Å². The van der Waals surface area contributed by atoms with E-state index in [1.165, 1.54) is 6.42 Å². The van der Waals surface area contributed by atoms with E-state index < -0.39 is 0 Å². The van der Waals surface area contributed by atoms with E-state index in [-0.39, 0.29) is 5.38 Å². The van der Waals surface area contributed by atoms with Gasteiger partial charge in [-0.1, -0.05) is 18.5 Å². The zero-order valence-electron chi connectivity index (χ0n) is 10.4. The molecule has 0 N–H and O–H groups in total. The molecule has 0 radical (unpaired) electrons. The largest absolute Gasteiger partial charge is 0.311 e. The minimum absolute atomic E-state index is 0.118. The van der Waals surface area contributed by atoms with Crippen molar-refractivity contribution in [1.29, 1.82) is 0 Å². The van der Waals surface area contributed by atoms with Crippen molar-refractivity contribution in [2.24, 2.45) is 11.8 Å². The van der Waals surface area contributed by atoms with Crippen LogP contribution in [0.4, 0.5) is 0 Å². The van der Waals surface area contributed by atoms with Gasteiger partial charge in [-0.3, -0.25) is 0 Å². The minimum atomic E-state index is -0.118. The van der Waals surface area contributed by atoms with E-state index in [9.17, 15) is 0 Å². The molecule has 3 unspecified atom stereocenters. The number of pyridine rings is 1. The number of nitrogens with zero attached hydrogens (tertiary/aromatic N) is 3. The van der Waals surface area contributed by atoms with Crippen LogP contribution in [0.3, 0.4) is 0 Å². The van der Waals surface area contributed by atoms with E-state index in [1.54, 1.807) is 6.20 Å². The molecule has 0 bridgehead atoms. The van der Waals surface area contributed by atoms with Gasteiger partial charge in [-0.15, -0.1) is 11.6 Å². The predicted octanol–water partition coefficient (Wildman–Crippen LogP) is 4.04. The second kappa shape index (κ2) is 4.39. The van der Waals surface area contributed by atoms with Crippen LogP contribution in [0.1, 0.15) is 31.5 Å². The van der Waals surface area contributed by atoms with Gasteiger partial charge in [-0.05, 0) is 31.2 Å². The molecular formula is C13H15Cl2N3. The van der Waals surface area contributed by atoms with Crippen molar-refractivity contribution in [3.63, 3.8) is 0 Å². The van der Waals surface area contributed by atoms with Crippen LogP contribution in [0.2, 0.25) is 5.02 Å². The first-order valence-electron chi connectivity index (χ1n) is 6.22. The molecule has 1 saturated carbocycles. The fraction of sp³-hybridized carbons (Fsp3) is 0.538. The maximum atomic E-state index is 6.22. The zero-order valence-corrected chi connectivity index (χ0v) is 11.9. The topological polar surface area (TPSA) is 30.7 Å². The van der Waals surface area contributed by atoms with E-state index in [0.29, 0.717) is 5.02 Å². The Balaban J connectivity index is 2.09. The summed E-state index contributed by atoms with van der Waals surface area (Å²) in [6, 6.07) is 1.85. The van der Waals surface area contributed by atoms with Gasteiger partial charge in [0.1, 0.15) is 11.3 Å². The maximum absolute atomic E-state index is 6.22. The fourth-order valence-corrected chi connectivity index (χ4v) is 2.69. The third kappa shape index (κ3) is 2.10. The third-order valence-corrected chi connectivity index (χ3v) is 4.03. The molecule has 3 nitrogen and oxygen atoms in total. The van der Waals surface area contributed by atoms with Gasteiger partial charge in [-0.25, -0.2) is 9.97 Å². The van der Waals surface area contributed by atoms with E-state index in [1.807, 2.05) is 13.0 Å². The Hall–Kier alpha value is -0.800. The molecule has 96 valence electrons. The van der Waals surface area contributed by atoms with Crippen LogP contribution in [0, 0.1) is 11.8 Å². The van der Waals surface area contributed by atoms with Gasteiger partial charge in [0.2, 0.25) is 0 Å². The number of rotatable bonds is 3. The molecule has 2 heterocycles. The van der Waals surface area contributed by atoms with Gasteiger partial charge in [0, 0.05) is 12.7 Å². The van der Waals surface area contributed by atoms with Crippen molar-refractivity contribution in [3.05, 3.63) is 23.1 Å². The molecule has 0 amide bonds. The number of alkyl halides is 1. The highest BCUT2D eigenvalue weighted by Gasteiger charge is 2.34. The Morgan fingerprint density at radius 2 is 2.28 bits per heavy atom. The summed E-state index contributed by atoms with van der Waals surface area (Å²) < 4.78 is 2.15. The molecular weight excluding hydrogens is 269 g/mol. The Morgan fingerprint density at radius 1 is 1.56 bits per heavy atom. The molecule has 0 spiro atoms. The van der Waals surface area contributed by atoms with E-state index in [2.05, 4.69) is 21.5 Å². The molecule has 5 heteroatoms. The van der Waals surface area contributed by atoms with Gasteiger partial charge in [-0.2, -0.15) is 0 Å². The SMILES string of the molecule is CC(Cl)c1nc2cc(Cl)cnc2n1CC1CC1C. The van der Waals surface area contributed by atoms with Gasteiger partial charge in [0.15, 0.2) is 5.65 Å². The van der Waals surface area contributed by atoms with Gasteiger partial charge < -0.3 is 4.57 Å². The lowest BCUT2D eigenvalue weighted by Gasteiger charge is -2.09. The summed E-state index contributed by atoms with van der Waals surface area (Å²) >= 11 is 12.2. The van der Waals surface area contributed by atoms with Crippen molar-refractivity contribution < 1.29 is 0 Å². The second-order valence-corrected chi connectivity index (χ2v) is 6.26. The van der Waals surface area contributed by atoms with Crippen molar-refractivity contribution in [2.45, 2.75) is 32.2 Å². The summed E-state index contributed by atoms with van der Waals surface area (Å²) in [6.45, 7) is 5.17. The zero-order chi connectivity index (χ0) is 12.9. The lowest BCUT2D eigenvalue weighted by molar-refractivity contribution is 0.578. The van der Waals surface area contributed by atoms with Crippen LogP contribution < -0.4 is 0 Å². The van der Waals surface area contributed by atoms with Crippen LogP contribution in [0.15, 0.2) is 12.3 Å². The highest BCUT2D eigenvalue weighted by atomic mass is 35.5. The van der Waals surface area contributed by atoms with Crippen LogP contribution in [-0.2, 0) is 6.54 Å². The average Bonchev–Trinajstić information content (AvgIpc) is 2.87. The highest BCUT2D eigenvalue weighted by molar-refractivity contribution is 6.31. The van der Waals surface area contributed by atoms with Crippen molar-refractivity contribution >= 4 is 34.4 Å². The van der Waals surface area contributed by atoms with Crippen LogP contribution >= 0.6 is 23.2 Å². The third-order valence-electron chi connectivity index (χ3n) is 3.63. The molecule has 18 heavy (non-hydrogen) atoms. The van der Waals surface area contributed by atoms with Crippen molar-refractivity contribution in [1.82, 2.24) is 14.5 Å². The molecule has 2 aromatic rings. The lowest BCUT2D eigenvalue weighted by atomic mass is 10.3. The molecule has 1 fully saturated rings. The molecule has 2 aromatic heterocycles. The highest BCUT2D eigenvalue weighted by Crippen LogP contribution is 2.40. The molecule has 3 rings (SSSR count). The molecule has 0 saturated heterocycles. The Labute approximate surface area is 116 Å². The Morgan fingerprint density at radius 3 is 2.89 bits per heavy atom. The minimum Gasteiger partial charge on any atom is -0.311 e. The van der Waals surface area contributed by atoms with Crippen LogP contribution in [-0.4, -0.2) is 14.5 Å². The number of halogens is 2. The molecule has 0 aliphatic heterocycles. The first-order valence-corrected chi connectivity index (χ1v) is 7.03. The molecule has 3 atom stereocenters. The first-order chi connectivity index (χ1) is 8.56. The summed E-state index contributed by atoms with van der Waals surface area (Å²) in [4.78, 5) is 8.96. The second-order valence-electron chi connectivity index (χ2n) is 5.17. The monoisotopic (exact) mass is 283 g/mol. The quantitative estimate of drug-likeness (QED) is 0.796. The number of hydrogen-bond donors (Lipinski definition) is 0. The lowest BCUT2D eigenvalue weighted by Crippen LogP contribution is -2.07. The van der Waals surface area contributed by atoms with Crippen molar-refractivity contribution in [2.75, 3.05) is 0 Å². The predicted molar refractivity (Wildman–Crippen MR) is 74.1 cm³/mol. The average molecular weight is 284 g/mol. The standard InChI is InChI=1S/C13H15Cl2N3/c1-7-3-9(7)6-18-12(8(2)14)17-11-4-10(15)5-16-13(11)18/h4-5,7-9H,3,6H2,1-2H3. The van der Waals surface area contributed by atoms with Crippen LogP contribution in [0.5, 0.6) is 0 Å². The summed E-state index contributed by atoms with van der Waals surface area (Å²) in [6.07, 6.45) is 2.95. The molecule has 1 aliphatic carbocycles. The Kier molecular flexibility index (Phi) is 2.99. The summed E-state index contributed by atoms with van der Waals surface area (Å²) in [5.74, 6) is 2.42. The smallest absolute Gasteiger partial charge is 0.160 e. The van der Waals surface area contributed by atoms with Gasteiger partial charge >= 0.3 is 0 Å². The summed E-state index contributed by atoms with van der Waals surface area (Å²) in [7, 11) is 0. The number of hydrogen-bond acceptors (Lipinski definition) is 2. The van der Waals surface area contributed by atoms with E-state index in [0.717, 1.165) is 35.4 Å². The number of fused-ring (bicyclic) bond motifs is 1. The molecule has 1 aliphatic rings. The molecule has 0 aromatic carbocycles. The summed E-state index contributed by atoms with van der Waals surface area (Å²) in [5, 5.41) is 0.493. The van der Waals surface area contributed by atoms with Crippen molar-refractivity contribution in [3.8, 4) is 0 Å². The summed E-state index contributed by atoms with van der Waals surface area (Å²) in [5.41, 5.74) is 1.72.